The number of aromatic carboxylic acids is 1. The van der Waals surface area contributed by atoms with Crippen LogP contribution < -0.4 is 10.6 Å². The first-order chi connectivity index (χ1) is 9.97. The number of carboxylic acid groups (broad SMARTS) is 1. The minimum absolute atomic E-state index is 0.181. The number of amides is 2. The van der Waals surface area contributed by atoms with Crippen molar-refractivity contribution in [1.29, 1.82) is 0 Å². The summed E-state index contributed by atoms with van der Waals surface area (Å²) >= 11 is 4.84. The Balaban J connectivity index is 1.95. The number of carbonyl (C=O) groups excluding carboxylic acids is 1. The van der Waals surface area contributed by atoms with Gasteiger partial charge in [-0.15, -0.1) is 11.3 Å². The van der Waals surface area contributed by atoms with Gasteiger partial charge in [0.1, 0.15) is 5.82 Å². The lowest BCUT2D eigenvalue weighted by molar-refractivity contribution is 0.0692. The first-order valence-electron chi connectivity index (χ1n) is 5.77. The fraction of sp³-hybridized carbons (Fsp3) is 0.0769. The molecule has 1 aromatic heterocycles. The second-order valence-electron chi connectivity index (χ2n) is 4.00. The van der Waals surface area contributed by atoms with Crippen molar-refractivity contribution in [2.45, 2.75) is 6.54 Å². The van der Waals surface area contributed by atoms with Crippen molar-refractivity contribution in [3.05, 3.63) is 50.4 Å². The zero-order valence-electron chi connectivity index (χ0n) is 10.5. The molecule has 2 amide bonds. The third kappa shape index (κ3) is 4.02. The van der Waals surface area contributed by atoms with E-state index in [0.717, 1.165) is 21.5 Å². The third-order valence-electron chi connectivity index (χ3n) is 2.56. The molecule has 0 aliphatic rings. The van der Waals surface area contributed by atoms with Crippen LogP contribution in [-0.2, 0) is 6.54 Å². The monoisotopic (exact) mass is 372 g/mol. The minimum atomic E-state index is -1.36. The standard InChI is InChI=1S/C13H10BrFN2O3S/c14-9-3-4-21-11(9)6-16-13(20)17-7-1-2-8(12(18)19)10(15)5-7/h1-5H,6H2,(H,18,19)(H2,16,17,20). The topological polar surface area (TPSA) is 78.4 Å². The molecule has 5 nitrogen and oxygen atoms in total. The van der Waals surface area contributed by atoms with Crippen LogP contribution in [0.25, 0.3) is 0 Å². The predicted octanol–water partition coefficient (Wildman–Crippen LogP) is 3.67. The van der Waals surface area contributed by atoms with Crippen LogP contribution in [0.3, 0.4) is 0 Å². The zero-order valence-corrected chi connectivity index (χ0v) is 12.9. The average Bonchev–Trinajstić information content (AvgIpc) is 2.81. The van der Waals surface area contributed by atoms with E-state index in [0.29, 0.717) is 6.54 Å². The fourth-order valence-corrected chi connectivity index (χ4v) is 2.99. The lowest BCUT2D eigenvalue weighted by Crippen LogP contribution is -2.28. The highest BCUT2D eigenvalue weighted by Crippen LogP contribution is 2.22. The molecule has 2 aromatic rings. The van der Waals surface area contributed by atoms with Crippen molar-refractivity contribution in [3.63, 3.8) is 0 Å². The molecule has 0 unspecified atom stereocenters. The van der Waals surface area contributed by atoms with Crippen LogP contribution in [0.15, 0.2) is 34.1 Å². The number of benzene rings is 1. The van der Waals surface area contributed by atoms with E-state index >= 15 is 0 Å². The normalized spacial score (nSPS) is 10.2. The number of rotatable bonds is 4. The molecule has 0 aliphatic heterocycles. The van der Waals surface area contributed by atoms with Gasteiger partial charge in [0.25, 0.3) is 0 Å². The number of anilines is 1. The van der Waals surface area contributed by atoms with Gasteiger partial charge < -0.3 is 15.7 Å². The quantitative estimate of drug-likeness (QED) is 0.765. The Kier molecular flexibility index (Phi) is 4.92. The largest absolute Gasteiger partial charge is 0.478 e. The van der Waals surface area contributed by atoms with Crippen molar-refractivity contribution in [2.24, 2.45) is 0 Å². The van der Waals surface area contributed by atoms with Gasteiger partial charge >= 0.3 is 12.0 Å². The molecular weight excluding hydrogens is 363 g/mol. The van der Waals surface area contributed by atoms with Crippen LogP contribution in [0.4, 0.5) is 14.9 Å². The number of hydrogen-bond donors (Lipinski definition) is 3. The van der Waals surface area contributed by atoms with E-state index in [4.69, 9.17) is 5.11 Å². The van der Waals surface area contributed by atoms with Crippen LogP contribution in [0.2, 0.25) is 0 Å². The molecule has 0 atom stereocenters. The number of carbonyl (C=O) groups is 2. The zero-order chi connectivity index (χ0) is 15.4. The van der Waals surface area contributed by atoms with E-state index < -0.39 is 23.4 Å². The summed E-state index contributed by atoms with van der Waals surface area (Å²) in [5, 5.41) is 15.7. The van der Waals surface area contributed by atoms with Crippen LogP contribution in [0, 0.1) is 5.82 Å². The van der Waals surface area contributed by atoms with Gasteiger partial charge in [-0.3, -0.25) is 0 Å². The molecule has 0 bridgehead atoms. The summed E-state index contributed by atoms with van der Waals surface area (Å²) in [5.74, 6) is -2.26. The molecule has 0 spiro atoms. The van der Waals surface area contributed by atoms with E-state index in [1.165, 1.54) is 17.4 Å². The Labute approximate surface area is 131 Å². The van der Waals surface area contributed by atoms with E-state index in [1.54, 1.807) is 0 Å². The maximum atomic E-state index is 13.5. The van der Waals surface area contributed by atoms with Crippen molar-refractivity contribution in [3.8, 4) is 0 Å². The second kappa shape index (κ2) is 6.68. The maximum absolute atomic E-state index is 13.5. The Morgan fingerprint density at radius 1 is 1.33 bits per heavy atom. The molecule has 3 N–H and O–H groups in total. The summed E-state index contributed by atoms with van der Waals surface area (Å²) in [6, 6.07) is 4.76. The molecule has 1 aromatic carbocycles. The smallest absolute Gasteiger partial charge is 0.338 e. The molecule has 2 rings (SSSR count). The molecule has 21 heavy (non-hydrogen) atoms. The van der Waals surface area contributed by atoms with Crippen LogP contribution in [0.1, 0.15) is 15.2 Å². The van der Waals surface area contributed by atoms with Crippen molar-refractivity contribution >= 4 is 45.0 Å². The highest BCUT2D eigenvalue weighted by Gasteiger charge is 2.11. The van der Waals surface area contributed by atoms with Crippen molar-refractivity contribution in [2.75, 3.05) is 5.32 Å². The van der Waals surface area contributed by atoms with E-state index in [1.807, 2.05) is 11.4 Å². The van der Waals surface area contributed by atoms with Gasteiger partial charge in [0.2, 0.25) is 0 Å². The molecule has 1 heterocycles. The molecule has 0 fully saturated rings. The predicted molar refractivity (Wildman–Crippen MR) is 81.2 cm³/mol. The average molecular weight is 373 g/mol. The minimum Gasteiger partial charge on any atom is -0.478 e. The Morgan fingerprint density at radius 2 is 2.10 bits per heavy atom. The molecule has 0 aliphatic carbocycles. The van der Waals surface area contributed by atoms with Crippen molar-refractivity contribution in [1.82, 2.24) is 5.32 Å². The summed E-state index contributed by atoms with van der Waals surface area (Å²) in [6.07, 6.45) is 0. The second-order valence-corrected chi connectivity index (χ2v) is 5.85. The van der Waals surface area contributed by atoms with E-state index in [-0.39, 0.29) is 5.69 Å². The Bertz CT molecular complexity index is 690. The van der Waals surface area contributed by atoms with Gasteiger partial charge in [-0.05, 0) is 45.6 Å². The fourth-order valence-electron chi connectivity index (χ4n) is 1.55. The summed E-state index contributed by atoms with van der Waals surface area (Å²) in [5.41, 5.74) is -0.260. The summed E-state index contributed by atoms with van der Waals surface area (Å²) < 4.78 is 14.4. The van der Waals surface area contributed by atoms with E-state index in [2.05, 4.69) is 26.6 Å². The summed E-state index contributed by atoms with van der Waals surface area (Å²) in [7, 11) is 0. The highest BCUT2D eigenvalue weighted by atomic mass is 79.9. The number of thiophene rings is 1. The van der Waals surface area contributed by atoms with Crippen LogP contribution in [-0.4, -0.2) is 17.1 Å². The molecule has 110 valence electrons. The molecule has 0 saturated carbocycles. The lowest BCUT2D eigenvalue weighted by Gasteiger charge is -2.08. The van der Waals surface area contributed by atoms with Crippen LogP contribution in [0.5, 0.6) is 0 Å². The van der Waals surface area contributed by atoms with Gasteiger partial charge in [0.05, 0.1) is 12.1 Å². The molecule has 0 radical (unpaired) electrons. The van der Waals surface area contributed by atoms with E-state index in [9.17, 15) is 14.0 Å². The van der Waals surface area contributed by atoms with Gasteiger partial charge in [0, 0.05) is 15.0 Å². The van der Waals surface area contributed by atoms with Gasteiger partial charge in [0.15, 0.2) is 0 Å². The number of nitrogens with one attached hydrogen (secondary N) is 2. The van der Waals surface area contributed by atoms with Gasteiger partial charge in [-0.2, -0.15) is 0 Å². The lowest BCUT2D eigenvalue weighted by atomic mass is 10.2. The van der Waals surface area contributed by atoms with Gasteiger partial charge in [-0.1, -0.05) is 0 Å². The number of halogens is 2. The Morgan fingerprint density at radius 3 is 2.67 bits per heavy atom. The van der Waals surface area contributed by atoms with Crippen LogP contribution >= 0.6 is 27.3 Å². The molecule has 0 saturated heterocycles. The molecular formula is C13H10BrFN2O3S. The molecule has 8 heteroatoms. The summed E-state index contributed by atoms with van der Waals surface area (Å²) in [6.45, 7) is 0.333. The van der Waals surface area contributed by atoms with Crippen molar-refractivity contribution < 1.29 is 19.1 Å². The number of urea groups is 1. The third-order valence-corrected chi connectivity index (χ3v) is 4.48. The number of carboxylic acids is 1. The first kappa shape index (κ1) is 15.5. The van der Waals surface area contributed by atoms with Gasteiger partial charge in [-0.25, -0.2) is 14.0 Å². The summed E-state index contributed by atoms with van der Waals surface area (Å²) in [4.78, 5) is 23.3. The highest BCUT2D eigenvalue weighted by molar-refractivity contribution is 9.10. The Hall–Kier alpha value is -1.93. The SMILES string of the molecule is O=C(NCc1sccc1Br)Nc1ccc(C(=O)O)c(F)c1. The first-order valence-corrected chi connectivity index (χ1v) is 7.44. The maximum Gasteiger partial charge on any atom is 0.338 e. The number of hydrogen-bond acceptors (Lipinski definition) is 3.